The van der Waals surface area contributed by atoms with Gasteiger partial charge in [-0.05, 0) is 18.2 Å². The average Bonchev–Trinajstić information content (AvgIpc) is 3.11. The molecule has 0 bridgehead atoms. The fourth-order valence-electron chi connectivity index (χ4n) is 3.13. The Morgan fingerprint density at radius 1 is 1.20 bits per heavy atom. The van der Waals surface area contributed by atoms with Gasteiger partial charge in [0.05, 0.1) is 16.4 Å². The second-order valence-corrected chi connectivity index (χ2v) is 7.03. The van der Waals surface area contributed by atoms with Gasteiger partial charge in [0.25, 0.3) is 5.56 Å². The van der Waals surface area contributed by atoms with Crippen molar-refractivity contribution in [1.82, 2.24) is 19.5 Å². The van der Waals surface area contributed by atoms with E-state index < -0.39 is 0 Å². The van der Waals surface area contributed by atoms with E-state index in [1.165, 1.54) is 10.6 Å². The van der Waals surface area contributed by atoms with Crippen molar-refractivity contribution in [3.63, 3.8) is 0 Å². The number of fused-ring (bicyclic) bond motifs is 1. The van der Waals surface area contributed by atoms with Gasteiger partial charge in [0.1, 0.15) is 0 Å². The van der Waals surface area contributed by atoms with Gasteiger partial charge >= 0.3 is 0 Å². The molecule has 1 aromatic carbocycles. The number of halogens is 2. The van der Waals surface area contributed by atoms with E-state index in [1.807, 2.05) is 0 Å². The average molecular weight is 377 g/mol. The zero-order valence-electron chi connectivity index (χ0n) is 13.3. The molecule has 128 valence electrons. The number of nitrogens with zero attached hydrogens (tertiary/aromatic N) is 3. The van der Waals surface area contributed by atoms with Crippen molar-refractivity contribution in [1.29, 1.82) is 0 Å². The molecular weight excluding hydrogens is 363 g/mol. The molecule has 0 unspecified atom stereocenters. The number of likely N-dealkylation sites (tertiary alicyclic amines) is 1. The van der Waals surface area contributed by atoms with E-state index in [9.17, 15) is 9.59 Å². The third-order valence-electron chi connectivity index (χ3n) is 4.45. The molecule has 0 radical (unpaired) electrons. The first-order valence-electron chi connectivity index (χ1n) is 7.74. The Balaban J connectivity index is 1.80. The van der Waals surface area contributed by atoms with Crippen LogP contribution in [0.4, 0.5) is 0 Å². The Morgan fingerprint density at radius 2 is 2.00 bits per heavy atom. The van der Waals surface area contributed by atoms with E-state index in [2.05, 4.69) is 10.1 Å². The summed E-state index contributed by atoms with van der Waals surface area (Å²) in [5.74, 6) is 0.00220. The lowest BCUT2D eigenvalue weighted by molar-refractivity contribution is -0.126. The first kappa shape index (κ1) is 16.2. The molecule has 3 aromatic rings. The minimum Gasteiger partial charge on any atom is -0.345 e. The van der Waals surface area contributed by atoms with Crippen molar-refractivity contribution in [2.45, 2.75) is 12.3 Å². The number of likely N-dealkylation sites (N-methyl/N-ethyl adjacent to an activating group) is 1. The predicted octanol–water partition coefficient (Wildman–Crippen LogP) is 2.94. The quantitative estimate of drug-likeness (QED) is 0.747. The van der Waals surface area contributed by atoms with Crippen LogP contribution in [0.25, 0.3) is 16.9 Å². The van der Waals surface area contributed by atoms with E-state index in [0.717, 1.165) is 5.56 Å². The van der Waals surface area contributed by atoms with Crippen molar-refractivity contribution in [3.05, 3.63) is 56.4 Å². The zero-order valence-corrected chi connectivity index (χ0v) is 14.8. The SMILES string of the molecule is CN1C[C@H](c2cc(=O)n3[nH]c(-c4ccc(Cl)cc4Cl)cc3n2)CC1=O. The number of hydrogen-bond acceptors (Lipinski definition) is 3. The Kier molecular flexibility index (Phi) is 3.81. The molecule has 1 saturated heterocycles. The van der Waals surface area contributed by atoms with Crippen LogP contribution < -0.4 is 5.56 Å². The maximum absolute atomic E-state index is 12.4. The van der Waals surface area contributed by atoms with Gasteiger partial charge in [0.15, 0.2) is 5.65 Å². The predicted molar refractivity (Wildman–Crippen MR) is 96.3 cm³/mol. The lowest BCUT2D eigenvalue weighted by atomic mass is 10.0. The maximum Gasteiger partial charge on any atom is 0.272 e. The van der Waals surface area contributed by atoms with Gasteiger partial charge in [-0.2, -0.15) is 0 Å². The molecule has 1 atom stereocenters. The fraction of sp³-hybridized carbons (Fsp3) is 0.235. The summed E-state index contributed by atoms with van der Waals surface area (Å²) in [6.07, 6.45) is 0.374. The minimum absolute atomic E-state index is 0.0623. The van der Waals surface area contributed by atoms with Crippen LogP contribution in [0.3, 0.4) is 0 Å². The molecule has 1 fully saturated rings. The van der Waals surface area contributed by atoms with Crippen molar-refractivity contribution >= 4 is 34.8 Å². The summed E-state index contributed by atoms with van der Waals surface area (Å²) >= 11 is 12.2. The highest BCUT2D eigenvalue weighted by Gasteiger charge is 2.29. The normalized spacial score (nSPS) is 17.6. The van der Waals surface area contributed by atoms with Crippen molar-refractivity contribution < 1.29 is 4.79 Å². The second-order valence-electron chi connectivity index (χ2n) is 6.18. The molecule has 25 heavy (non-hydrogen) atoms. The third kappa shape index (κ3) is 2.81. The summed E-state index contributed by atoms with van der Waals surface area (Å²) in [4.78, 5) is 30.4. The van der Waals surface area contributed by atoms with Crippen LogP contribution in [0.15, 0.2) is 35.1 Å². The second kappa shape index (κ2) is 5.89. The largest absolute Gasteiger partial charge is 0.345 e. The summed E-state index contributed by atoms with van der Waals surface area (Å²) in [5, 5.41) is 4.03. The number of H-pyrrole nitrogens is 1. The highest BCUT2D eigenvalue weighted by atomic mass is 35.5. The van der Waals surface area contributed by atoms with Crippen molar-refractivity contribution in [3.8, 4) is 11.3 Å². The van der Waals surface area contributed by atoms with Crippen LogP contribution in [-0.4, -0.2) is 39.0 Å². The topological polar surface area (TPSA) is 70.5 Å². The summed E-state index contributed by atoms with van der Waals surface area (Å²) in [5.41, 5.74) is 2.30. The highest BCUT2D eigenvalue weighted by Crippen LogP contribution is 2.30. The number of nitrogens with one attached hydrogen (secondary N) is 1. The number of aromatic nitrogens is 3. The van der Waals surface area contributed by atoms with E-state index in [0.29, 0.717) is 40.0 Å². The van der Waals surface area contributed by atoms with E-state index in [1.54, 1.807) is 36.2 Å². The number of benzene rings is 1. The van der Waals surface area contributed by atoms with Gasteiger partial charge < -0.3 is 4.90 Å². The lowest BCUT2D eigenvalue weighted by Crippen LogP contribution is -2.20. The molecule has 6 nitrogen and oxygen atoms in total. The first-order chi connectivity index (χ1) is 11.9. The van der Waals surface area contributed by atoms with Gasteiger partial charge in [-0.15, -0.1) is 0 Å². The molecule has 1 N–H and O–H groups in total. The van der Waals surface area contributed by atoms with Crippen LogP contribution in [0.1, 0.15) is 18.0 Å². The molecule has 3 heterocycles. The Labute approximate surface area is 153 Å². The minimum atomic E-state index is -0.224. The summed E-state index contributed by atoms with van der Waals surface area (Å²) in [6.45, 7) is 0.571. The number of rotatable bonds is 2. The number of aromatic amines is 1. The highest BCUT2D eigenvalue weighted by molar-refractivity contribution is 6.36. The molecular formula is C17H14Cl2N4O2. The monoisotopic (exact) mass is 376 g/mol. The van der Waals surface area contributed by atoms with E-state index in [-0.39, 0.29) is 17.4 Å². The zero-order chi connectivity index (χ0) is 17.7. The van der Waals surface area contributed by atoms with E-state index in [4.69, 9.17) is 23.2 Å². The third-order valence-corrected chi connectivity index (χ3v) is 5.00. The standard InChI is InChI=1S/C17H14Cl2N4O2/c1-22-8-9(4-16(22)24)13-7-17(25)23-15(20-13)6-14(21-23)11-3-2-10(18)5-12(11)19/h2-3,5-7,9,21H,4,8H2,1H3/t9-/m1/s1. The fourth-order valence-corrected chi connectivity index (χ4v) is 3.64. The van der Waals surface area contributed by atoms with Crippen LogP contribution in [0.5, 0.6) is 0 Å². The van der Waals surface area contributed by atoms with Gasteiger partial charge in [0, 0.05) is 48.6 Å². The van der Waals surface area contributed by atoms with Gasteiger partial charge in [-0.25, -0.2) is 9.50 Å². The molecule has 4 rings (SSSR count). The molecule has 2 aromatic heterocycles. The van der Waals surface area contributed by atoms with Gasteiger partial charge in [-0.1, -0.05) is 23.2 Å². The Morgan fingerprint density at radius 3 is 2.68 bits per heavy atom. The van der Waals surface area contributed by atoms with E-state index >= 15 is 0 Å². The number of carbonyl (C=O) groups is 1. The molecule has 1 amide bonds. The molecule has 0 spiro atoms. The number of amides is 1. The lowest BCUT2D eigenvalue weighted by Gasteiger charge is -2.09. The van der Waals surface area contributed by atoms with Gasteiger partial charge in [0.2, 0.25) is 5.91 Å². The van der Waals surface area contributed by atoms with Crippen molar-refractivity contribution in [2.24, 2.45) is 0 Å². The van der Waals surface area contributed by atoms with Gasteiger partial charge in [-0.3, -0.25) is 14.7 Å². The van der Waals surface area contributed by atoms with Crippen LogP contribution >= 0.6 is 23.2 Å². The molecule has 0 saturated carbocycles. The Hall–Kier alpha value is -2.31. The summed E-state index contributed by atoms with van der Waals surface area (Å²) in [7, 11) is 1.75. The number of carbonyl (C=O) groups excluding carboxylic acids is 1. The number of hydrogen-bond donors (Lipinski definition) is 1. The van der Waals surface area contributed by atoms with Crippen molar-refractivity contribution in [2.75, 3.05) is 13.6 Å². The van der Waals surface area contributed by atoms with Crippen LogP contribution in [0, 0.1) is 0 Å². The smallest absolute Gasteiger partial charge is 0.272 e. The molecule has 1 aliphatic rings. The maximum atomic E-state index is 12.4. The first-order valence-corrected chi connectivity index (χ1v) is 8.50. The van der Waals surface area contributed by atoms with Crippen LogP contribution in [0.2, 0.25) is 10.0 Å². The summed E-state index contributed by atoms with van der Waals surface area (Å²) < 4.78 is 1.37. The molecule has 1 aliphatic heterocycles. The molecule has 8 heteroatoms. The van der Waals surface area contributed by atoms with Crippen LogP contribution in [-0.2, 0) is 4.79 Å². The molecule has 0 aliphatic carbocycles. The summed E-state index contributed by atoms with van der Waals surface area (Å²) in [6, 6.07) is 8.40. The Bertz CT molecular complexity index is 1060.